The maximum atomic E-state index is 11.8. The van der Waals surface area contributed by atoms with Gasteiger partial charge in [0.15, 0.2) is 0 Å². The van der Waals surface area contributed by atoms with E-state index in [1.54, 1.807) is 16.2 Å². The summed E-state index contributed by atoms with van der Waals surface area (Å²) in [6.45, 7) is 6.94. The van der Waals surface area contributed by atoms with Crippen molar-refractivity contribution in [3.63, 3.8) is 0 Å². The topological polar surface area (TPSA) is 20.3 Å². The SMILES string of the molecule is CCc1sc(C(=O)N(C)CC)cc1C. The number of aryl methyl sites for hydroxylation is 2. The Balaban J connectivity index is 2.91. The number of carbonyl (C=O) groups is 1. The highest BCUT2D eigenvalue weighted by atomic mass is 32.1. The van der Waals surface area contributed by atoms with Crippen LogP contribution in [0, 0.1) is 6.92 Å². The third kappa shape index (κ3) is 2.15. The van der Waals surface area contributed by atoms with Gasteiger partial charge >= 0.3 is 0 Å². The minimum atomic E-state index is 0.139. The van der Waals surface area contributed by atoms with Gasteiger partial charge in [0.25, 0.3) is 5.91 Å². The zero-order chi connectivity index (χ0) is 10.7. The average molecular weight is 211 g/mol. The molecule has 1 rings (SSSR count). The lowest BCUT2D eigenvalue weighted by Crippen LogP contribution is -2.25. The second kappa shape index (κ2) is 4.60. The number of thiophene rings is 1. The number of rotatable bonds is 3. The highest BCUT2D eigenvalue weighted by Crippen LogP contribution is 2.23. The maximum Gasteiger partial charge on any atom is 0.263 e. The summed E-state index contributed by atoms with van der Waals surface area (Å²) in [5.74, 6) is 0.139. The summed E-state index contributed by atoms with van der Waals surface area (Å²) < 4.78 is 0. The second-order valence-electron chi connectivity index (χ2n) is 3.39. The van der Waals surface area contributed by atoms with Crippen molar-refractivity contribution in [1.82, 2.24) is 4.90 Å². The summed E-state index contributed by atoms with van der Waals surface area (Å²) in [5, 5.41) is 0. The minimum absolute atomic E-state index is 0.139. The van der Waals surface area contributed by atoms with E-state index < -0.39 is 0 Å². The van der Waals surface area contributed by atoms with E-state index in [-0.39, 0.29) is 5.91 Å². The molecule has 1 aromatic rings. The van der Waals surface area contributed by atoms with E-state index in [2.05, 4.69) is 13.8 Å². The van der Waals surface area contributed by atoms with E-state index in [1.165, 1.54) is 10.4 Å². The molecule has 0 aliphatic heterocycles. The van der Waals surface area contributed by atoms with Gasteiger partial charge < -0.3 is 4.90 Å². The Morgan fingerprint density at radius 3 is 2.57 bits per heavy atom. The highest BCUT2D eigenvalue weighted by molar-refractivity contribution is 7.14. The molecule has 1 heterocycles. The van der Waals surface area contributed by atoms with Crippen molar-refractivity contribution in [2.24, 2.45) is 0 Å². The van der Waals surface area contributed by atoms with Gasteiger partial charge in [0.2, 0.25) is 0 Å². The molecule has 78 valence electrons. The predicted octanol–water partition coefficient (Wildman–Crippen LogP) is 2.71. The molecule has 0 spiro atoms. The van der Waals surface area contributed by atoms with Crippen LogP contribution in [0.25, 0.3) is 0 Å². The van der Waals surface area contributed by atoms with Crippen molar-refractivity contribution < 1.29 is 4.79 Å². The van der Waals surface area contributed by atoms with Gasteiger partial charge in [0, 0.05) is 18.5 Å². The number of nitrogens with zero attached hydrogens (tertiary/aromatic N) is 1. The van der Waals surface area contributed by atoms with Crippen molar-refractivity contribution in [2.45, 2.75) is 27.2 Å². The molecule has 0 unspecified atom stereocenters. The summed E-state index contributed by atoms with van der Waals surface area (Å²) in [7, 11) is 1.84. The molecule has 14 heavy (non-hydrogen) atoms. The predicted molar refractivity (Wildman–Crippen MR) is 61.1 cm³/mol. The summed E-state index contributed by atoms with van der Waals surface area (Å²) in [6.07, 6.45) is 1.01. The van der Waals surface area contributed by atoms with Crippen LogP contribution in [-0.2, 0) is 6.42 Å². The molecule has 0 aliphatic rings. The van der Waals surface area contributed by atoms with Crippen LogP contribution >= 0.6 is 11.3 Å². The molecule has 0 saturated heterocycles. The van der Waals surface area contributed by atoms with Crippen LogP contribution in [0.4, 0.5) is 0 Å². The highest BCUT2D eigenvalue weighted by Gasteiger charge is 2.14. The maximum absolute atomic E-state index is 11.8. The smallest absolute Gasteiger partial charge is 0.263 e. The molecule has 0 fully saturated rings. The van der Waals surface area contributed by atoms with Gasteiger partial charge in [0.05, 0.1) is 4.88 Å². The molecule has 0 N–H and O–H groups in total. The molecule has 1 aromatic heterocycles. The Kier molecular flexibility index (Phi) is 3.69. The van der Waals surface area contributed by atoms with Crippen LogP contribution in [0.2, 0.25) is 0 Å². The number of hydrogen-bond acceptors (Lipinski definition) is 2. The minimum Gasteiger partial charge on any atom is -0.341 e. The Morgan fingerprint density at radius 1 is 1.50 bits per heavy atom. The van der Waals surface area contributed by atoms with Crippen LogP contribution < -0.4 is 0 Å². The van der Waals surface area contributed by atoms with E-state index in [4.69, 9.17) is 0 Å². The average Bonchev–Trinajstić information content (AvgIpc) is 2.57. The van der Waals surface area contributed by atoms with Gasteiger partial charge in [-0.05, 0) is 31.9 Å². The van der Waals surface area contributed by atoms with Crippen LogP contribution in [0.15, 0.2) is 6.07 Å². The van der Waals surface area contributed by atoms with E-state index in [9.17, 15) is 4.79 Å². The van der Waals surface area contributed by atoms with Crippen LogP contribution in [0.1, 0.15) is 34.0 Å². The summed E-state index contributed by atoms with van der Waals surface area (Å²) in [4.78, 5) is 15.7. The molecule has 0 radical (unpaired) electrons. The molecule has 3 heteroatoms. The molecule has 1 amide bonds. The molecule has 2 nitrogen and oxygen atoms in total. The third-order valence-electron chi connectivity index (χ3n) is 2.37. The van der Waals surface area contributed by atoms with Gasteiger partial charge in [-0.2, -0.15) is 0 Å². The number of hydrogen-bond donors (Lipinski definition) is 0. The van der Waals surface area contributed by atoms with E-state index in [0.29, 0.717) is 0 Å². The third-order valence-corrected chi connectivity index (χ3v) is 3.74. The first-order valence-corrected chi connectivity index (χ1v) is 5.76. The van der Waals surface area contributed by atoms with Gasteiger partial charge in [0.1, 0.15) is 0 Å². The van der Waals surface area contributed by atoms with E-state index in [1.807, 2.05) is 20.0 Å². The fourth-order valence-electron chi connectivity index (χ4n) is 1.31. The van der Waals surface area contributed by atoms with Crippen LogP contribution in [0.3, 0.4) is 0 Å². The number of amides is 1. The number of carbonyl (C=O) groups excluding carboxylic acids is 1. The molecular weight excluding hydrogens is 194 g/mol. The first kappa shape index (κ1) is 11.2. The lowest BCUT2D eigenvalue weighted by molar-refractivity contribution is 0.0807. The fraction of sp³-hybridized carbons (Fsp3) is 0.545. The van der Waals surface area contributed by atoms with Gasteiger partial charge in [-0.25, -0.2) is 0 Å². The van der Waals surface area contributed by atoms with Crippen LogP contribution in [-0.4, -0.2) is 24.4 Å². The van der Waals surface area contributed by atoms with E-state index >= 15 is 0 Å². The first-order valence-electron chi connectivity index (χ1n) is 4.94. The quantitative estimate of drug-likeness (QED) is 0.752. The molecule has 0 bridgehead atoms. The normalized spacial score (nSPS) is 10.3. The van der Waals surface area contributed by atoms with Gasteiger partial charge in [-0.1, -0.05) is 6.92 Å². The van der Waals surface area contributed by atoms with Crippen molar-refractivity contribution in [3.05, 3.63) is 21.4 Å². The monoisotopic (exact) mass is 211 g/mol. The molecule has 0 aliphatic carbocycles. The standard InChI is InChI=1S/C11H17NOS/c1-5-9-8(3)7-10(14-9)11(13)12(4)6-2/h7H,5-6H2,1-4H3. The van der Waals surface area contributed by atoms with E-state index in [0.717, 1.165) is 17.8 Å². The van der Waals surface area contributed by atoms with Crippen molar-refractivity contribution in [2.75, 3.05) is 13.6 Å². The van der Waals surface area contributed by atoms with Crippen molar-refractivity contribution in [1.29, 1.82) is 0 Å². The lowest BCUT2D eigenvalue weighted by atomic mass is 10.2. The largest absolute Gasteiger partial charge is 0.341 e. The van der Waals surface area contributed by atoms with Crippen LogP contribution in [0.5, 0.6) is 0 Å². The fourth-order valence-corrected chi connectivity index (χ4v) is 2.42. The van der Waals surface area contributed by atoms with Gasteiger partial charge in [-0.3, -0.25) is 4.79 Å². The second-order valence-corrected chi connectivity index (χ2v) is 4.53. The summed E-state index contributed by atoms with van der Waals surface area (Å²) in [6, 6.07) is 2.00. The zero-order valence-electron chi connectivity index (χ0n) is 9.26. The van der Waals surface area contributed by atoms with Gasteiger partial charge in [-0.15, -0.1) is 11.3 Å². The Bertz CT molecular complexity index is 330. The Morgan fingerprint density at radius 2 is 2.14 bits per heavy atom. The lowest BCUT2D eigenvalue weighted by Gasteiger charge is -2.12. The Hall–Kier alpha value is -0.830. The molecular formula is C11H17NOS. The summed E-state index contributed by atoms with van der Waals surface area (Å²) >= 11 is 1.62. The van der Waals surface area contributed by atoms with Crippen molar-refractivity contribution in [3.8, 4) is 0 Å². The zero-order valence-corrected chi connectivity index (χ0v) is 10.1. The molecule has 0 saturated carbocycles. The summed E-state index contributed by atoms with van der Waals surface area (Å²) in [5.41, 5.74) is 1.24. The molecule has 0 atom stereocenters. The Labute approximate surface area is 89.5 Å². The van der Waals surface area contributed by atoms with Crippen molar-refractivity contribution >= 4 is 17.2 Å². The first-order chi connectivity index (χ1) is 6.60. The molecule has 0 aromatic carbocycles.